The Labute approximate surface area is 162 Å². The number of imidazole rings is 1. The van der Waals surface area contributed by atoms with Crippen molar-refractivity contribution < 1.29 is 4.79 Å². The van der Waals surface area contributed by atoms with Gasteiger partial charge in [-0.15, -0.1) is 0 Å². The molecule has 28 heavy (non-hydrogen) atoms. The van der Waals surface area contributed by atoms with Crippen molar-refractivity contribution in [2.24, 2.45) is 0 Å². The summed E-state index contributed by atoms with van der Waals surface area (Å²) in [7, 11) is 0. The van der Waals surface area contributed by atoms with Crippen molar-refractivity contribution in [3.63, 3.8) is 0 Å². The van der Waals surface area contributed by atoms with Crippen LogP contribution in [-0.4, -0.2) is 43.0 Å². The summed E-state index contributed by atoms with van der Waals surface area (Å²) in [6.07, 6.45) is 9.25. The molecule has 7 nitrogen and oxygen atoms in total. The highest BCUT2D eigenvalue weighted by molar-refractivity contribution is 5.82. The number of nitrogens with zero attached hydrogens (tertiary/aromatic N) is 5. The largest absolute Gasteiger partial charge is 0.338 e. The lowest BCUT2D eigenvalue weighted by atomic mass is 10.1. The quantitative estimate of drug-likeness (QED) is 0.684. The molecule has 0 aliphatic carbocycles. The van der Waals surface area contributed by atoms with Gasteiger partial charge in [-0.05, 0) is 18.2 Å². The Morgan fingerprint density at radius 3 is 2.82 bits per heavy atom. The standard InChI is InChI=1S/C21H23N5O2/c1-2-19-23-21(28)17-5-3-4-6-18(17)26(19)16-7-12-25(13-8-16)20(27)9-11-24-14-10-22-15-24/h3-7,10,14-15H,2,8-9,11-13H2,1H3. The fourth-order valence-corrected chi connectivity index (χ4v) is 3.66. The predicted octanol–water partition coefficient (Wildman–Crippen LogP) is 2.32. The van der Waals surface area contributed by atoms with Crippen LogP contribution in [-0.2, 0) is 17.8 Å². The lowest BCUT2D eigenvalue weighted by Crippen LogP contribution is -2.36. The molecule has 0 unspecified atom stereocenters. The van der Waals surface area contributed by atoms with Gasteiger partial charge < -0.3 is 14.0 Å². The molecule has 144 valence electrons. The molecule has 0 spiro atoms. The van der Waals surface area contributed by atoms with Gasteiger partial charge in [0.25, 0.3) is 5.56 Å². The molecule has 1 aliphatic heterocycles. The fraction of sp³-hybridized carbons (Fsp3) is 0.333. The molecule has 3 aromatic rings. The van der Waals surface area contributed by atoms with Crippen molar-refractivity contribution >= 4 is 22.5 Å². The Morgan fingerprint density at radius 1 is 1.25 bits per heavy atom. The third kappa shape index (κ3) is 3.47. The van der Waals surface area contributed by atoms with Gasteiger partial charge in [-0.3, -0.25) is 9.59 Å². The molecule has 0 atom stereocenters. The molecule has 3 heterocycles. The second-order valence-corrected chi connectivity index (χ2v) is 6.88. The Bertz CT molecular complexity index is 1080. The third-order valence-electron chi connectivity index (χ3n) is 5.15. The minimum atomic E-state index is -0.184. The maximum Gasteiger partial charge on any atom is 0.280 e. The van der Waals surface area contributed by atoms with Crippen LogP contribution in [0.4, 0.5) is 0 Å². The molecule has 7 heteroatoms. The van der Waals surface area contributed by atoms with Crippen LogP contribution in [0.2, 0.25) is 0 Å². The molecule has 0 saturated heterocycles. The van der Waals surface area contributed by atoms with E-state index in [1.807, 2.05) is 46.9 Å². The monoisotopic (exact) mass is 377 g/mol. The maximum absolute atomic E-state index is 12.5. The van der Waals surface area contributed by atoms with Crippen LogP contribution >= 0.6 is 0 Å². The van der Waals surface area contributed by atoms with Gasteiger partial charge in [-0.1, -0.05) is 19.1 Å². The number of hydrogen-bond donors (Lipinski definition) is 0. The summed E-state index contributed by atoms with van der Waals surface area (Å²) in [5.41, 5.74) is 1.79. The van der Waals surface area contributed by atoms with Crippen LogP contribution in [0.1, 0.15) is 25.6 Å². The smallest absolute Gasteiger partial charge is 0.280 e. The first kappa shape index (κ1) is 18.2. The molecule has 4 rings (SSSR count). The van der Waals surface area contributed by atoms with E-state index < -0.39 is 0 Å². The van der Waals surface area contributed by atoms with Crippen molar-refractivity contribution in [1.82, 2.24) is 24.0 Å². The van der Waals surface area contributed by atoms with Gasteiger partial charge in [0.15, 0.2) is 0 Å². The molecule has 2 aromatic heterocycles. The molecule has 0 saturated carbocycles. The van der Waals surface area contributed by atoms with E-state index in [-0.39, 0.29) is 11.5 Å². The highest BCUT2D eigenvalue weighted by atomic mass is 16.2. The van der Waals surface area contributed by atoms with Crippen molar-refractivity contribution in [1.29, 1.82) is 0 Å². The number of carbonyl (C=O) groups is 1. The van der Waals surface area contributed by atoms with E-state index in [1.165, 1.54) is 0 Å². The topological polar surface area (TPSA) is 73.0 Å². The minimum absolute atomic E-state index is 0.141. The number of aromatic nitrogens is 4. The van der Waals surface area contributed by atoms with Gasteiger partial charge in [0.05, 0.1) is 17.2 Å². The van der Waals surface area contributed by atoms with Crippen LogP contribution in [0.3, 0.4) is 0 Å². The van der Waals surface area contributed by atoms with Crippen molar-refractivity contribution in [3.05, 3.63) is 65.2 Å². The summed E-state index contributed by atoms with van der Waals surface area (Å²) in [6.45, 7) is 3.88. The number of amides is 1. The molecule has 1 amide bonds. The zero-order chi connectivity index (χ0) is 19.5. The number of para-hydroxylation sites is 1. The summed E-state index contributed by atoms with van der Waals surface area (Å²) in [5.74, 6) is 0.900. The second kappa shape index (κ2) is 7.80. The van der Waals surface area contributed by atoms with E-state index in [9.17, 15) is 9.59 Å². The van der Waals surface area contributed by atoms with Crippen molar-refractivity contribution in [2.45, 2.75) is 32.7 Å². The molecule has 0 fully saturated rings. The second-order valence-electron chi connectivity index (χ2n) is 6.88. The van der Waals surface area contributed by atoms with Crippen LogP contribution in [0.25, 0.3) is 16.6 Å². The van der Waals surface area contributed by atoms with Crippen LogP contribution in [0, 0.1) is 0 Å². The van der Waals surface area contributed by atoms with Gasteiger partial charge in [0, 0.05) is 57.0 Å². The molecular weight excluding hydrogens is 354 g/mol. The first-order valence-corrected chi connectivity index (χ1v) is 9.61. The van der Waals surface area contributed by atoms with E-state index in [0.29, 0.717) is 37.9 Å². The average molecular weight is 377 g/mol. The minimum Gasteiger partial charge on any atom is -0.338 e. The molecule has 0 bridgehead atoms. The Balaban J connectivity index is 1.56. The van der Waals surface area contributed by atoms with Gasteiger partial charge in [-0.2, -0.15) is 4.98 Å². The summed E-state index contributed by atoms with van der Waals surface area (Å²) in [6, 6.07) is 7.57. The van der Waals surface area contributed by atoms with E-state index in [2.05, 4.69) is 20.6 Å². The van der Waals surface area contributed by atoms with Crippen molar-refractivity contribution in [3.8, 4) is 0 Å². The highest BCUT2D eigenvalue weighted by Crippen LogP contribution is 2.23. The Hall–Kier alpha value is -3.22. The average Bonchev–Trinajstić information content (AvgIpc) is 3.26. The summed E-state index contributed by atoms with van der Waals surface area (Å²) < 4.78 is 4.00. The van der Waals surface area contributed by atoms with Crippen LogP contribution in [0.5, 0.6) is 0 Å². The lowest BCUT2D eigenvalue weighted by Gasteiger charge is -2.29. The SMILES string of the molecule is CCc1nc(=O)c2ccccc2n1C1=CCN(C(=O)CCn2ccnc2)CC1. The number of aryl methyl sites for hydroxylation is 2. The number of fused-ring (bicyclic) bond motifs is 1. The first-order chi connectivity index (χ1) is 13.7. The van der Waals surface area contributed by atoms with Gasteiger partial charge >= 0.3 is 0 Å². The number of rotatable bonds is 5. The van der Waals surface area contributed by atoms with E-state index in [4.69, 9.17) is 0 Å². The van der Waals surface area contributed by atoms with E-state index in [1.54, 1.807) is 12.5 Å². The number of carbonyl (C=O) groups excluding carboxylic acids is 1. The first-order valence-electron chi connectivity index (χ1n) is 9.61. The van der Waals surface area contributed by atoms with Crippen molar-refractivity contribution in [2.75, 3.05) is 13.1 Å². The maximum atomic E-state index is 12.5. The third-order valence-corrected chi connectivity index (χ3v) is 5.15. The Morgan fingerprint density at radius 2 is 2.11 bits per heavy atom. The zero-order valence-corrected chi connectivity index (χ0v) is 15.9. The zero-order valence-electron chi connectivity index (χ0n) is 15.9. The summed E-state index contributed by atoms with van der Waals surface area (Å²) in [5, 5.41) is 0.624. The number of hydrogen-bond acceptors (Lipinski definition) is 4. The lowest BCUT2D eigenvalue weighted by molar-refractivity contribution is -0.131. The van der Waals surface area contributed by atoms with Gasteiger partial charge in [0.2, 0.25) is 5.91 Å². The highest BCUT2D eigenvalue weighted by Gasteiger charge is 2.20. The molecule has 1 aromatic carbocycles. The van der Waals surface area contributed by atoms with Gasteiger partial charge in [0.1, 0.15) is 5.82 Å². The van der Waals surface area contributed by atoms with Crippen LogP contribution in [0.15, 0.2) is 53.9 Å². The normalized spacial score (nSPS) is 14.3. The summed E-state index contributed by atoms with van der Waals surface area (Å²) >= 11 is 0. The molecule has 0 N–H and O–H groups in total. The molecule has 1 aliphatic rings. The Kier molecular flexibility index (Phi) is 5.06. The predicted molar refractivity (Wildman–Crippen MR) is 108 cm³/mol. The molecule has 0 radical (unpaired) electrons. The van der Waals surface area contributed by atoms with Crippen LogP contribution < -0.4 is 5.56 Å². The van der Waals surface area contributed by atoms with E-state index in [0.717, 1.165) is 23.5 Å². The van der Waals surface area contributed by atoms with Gasteiger partial charge in [-0.25, -0.2) is 4.98 Å². The number of benzene rings is 1. The van der Waals surface area contributed by atoms with E-state index >= 15 is 0 Å². The summed E-state index contributed by atoms with van der Waals surface area (Å²) in [4.78, 5) is 35.0. The fourth-order valence-electron chi connectivity index (χ4n) is 3.66. The molecular formula is C21H23N5O2.